The normalized spacial score (nSPS) is 14.6. The summed E-state index contributed by atoms with van der Waals surface area (Å²) in [6.45, 7) is 2.60. The molecule has 0 spiro atoms. The first-order chi connectivity index (χ1) is 22.1. The number of hydrogen-bond donors (Lipinski definition) is 1. The van der Waals surface area contributed by atoms with Crippen molar-refractivity contribution in [3.63, 3.8) is 0 Å². The van der Waals surface area contributed by atoms with Gasteiger partial charge in [-0.3, -0.25) is 9.59 Å². The fourth-order valence-corrected chi connectivity index (χ4v) is 5.90. The van der Waals surface area contributed by atoms with Crippen molar-refractivity contribution >= 4 is 23.3 Å². The average Bonchev–Trinajstić information content (AvgIpc) is 3.05. The number of carbonyl (C=O) groups is 2. The van der Waals surface area contributed by atoms with Crippen LogP contribution in [-0.4, -0.2) is 57.1 Å². The molecule has 5 rings (SSSR count). The number of rotatable bonds is 10. The molecule has 1 unspecified atom stereocenters. The second-order valence-corrected chi connectivity index (χ2v) is 11.8. The smallest absolute Gasteiger partial charge is 0.416 e. The maximum atomic E-state index is 13.3. The summed E-state index contributed by atoms with van der Waals surface area (Å²) in [6.07, 6.45) is -2.76. The largest absolute Gasteiger partial charge is 0.464 e. The zero-order valence-electron chi connectivity index (χ0n) is 26.0. The van der Waals surface area contributed by atoms with Crippen molar-refractivity contribution in [1.82, 2.24) is 4.90 Å². The fourth-order valence-electron chi connectivity index (χ4n) is 5.90. The molecule has 240 valence electrons. The number of benzene rings is 4. The number of nitrogens with zero attached hydrogens (tertiary/aromatic N) is 2. The Bertz CT molecular complexity index is 1600. The molecule has 4 aromatic rings. The van der Waals surface area contributed by atoms with Crippen LogP contribution in [0.5, 0.6) is 0 Å². The Morgan fingerprint density at radius 1 is 0.870 bits per heavy atom. The summed E-state index contributed by atoms with van der Waals surface area (Å²) in [6, 6.07) is 29.1. The molecule has 0 radical (unpaired) electrons. The monoisotopic (exact) mass is 629 g/mol. The molecule has 1 heterocycles. The summed E-state index contributed by atoms with van der Waals surface area (Å²) < 4.78 is 44.8. The third kappa shape index (κ3) is 8.14. The van der Waals surface area contributed by atoms with Gasteiger partial charge in [0.1, 0.15) is 6.61 Å². The summed E-state index contributed by atoms with van der Waals surface area (Å²) in [5.41, 5.74) is 3.30. The van der Waals surface area contributed by atoms with Crippen LogP contribution in [0.15, 0.2) is 103 Å². The van der Waals surface area contributed by atoms with Crippen LogP contribution in [0.2, 0.25) is 0 Å². The molecule has 0 aromatic heterocycles. The van der Waals surface area contributed by atoms with Crippen molar-refractivity contribution < 1.29 is 27.5 Å². The van der Waals surface area contributed by atoms with E-state index in [1.807, 2.05) is 73.6 Å². The van der Waals surface area contributed by atoms with Gasteiger partial charge in [-0.25, -0.2) is 0 Å². The number of anilines is 2. The maximum Gasteiger partial charge on any atom is 0.416 e. The Morgan fingerprint density at radius 3 is 2.13 bits per heavy atom. The average molecular weight is 630 g/mol. The second kappa shape index (κ2) is 14.6. The molecule has 0 aliphatic carbocycles. The Balaban J connectivity index is 1.21. The first-order valence-corrected chi connectivity index (χ1v) is 15.4. The number of likely N-dealkylation sites (N-methyl/N-ethyl adjacent to an activating group) is 1. The number of halogens is 3. The van der Waals surface area contributed by atoms with E-state index in [-0.39, 0.29) is 23.7 Å². The molecule has 1 atom stereocenters. The number of nitrogens with one attached hydrogen (secondary N) is 1. The van der Waals surface area contributed by atoms with E-state index in [1.165, 1.54) is 12.1 Å². The molecular formula is C37H38F3N3O3. The van der Waals surface area contributed by atoms with Crippen LogP contribution in [0.3, 0.4) is 0 Å². The molecule has 1 saturated heterocycles. The highest BCUT2D eigenvalue weighted by atomic mass is 19.4. The SMILES string of the molecule is CN(C)CCOC(=O)C(c1ccccc1)C1CCN(c2ccc(NC(=O)c3ccccc3-c3ccc(C(F)(F)F)cc3)cc2)CC1. The highest BCUT2D eigenvalue weighted by molar-refractivity contribution is 6.08. The molecule has 1 N–H and O–H groups in total. The minimum Gasteiger partial charge on any atom is -0.464 e. The maximum absolute atomic E-state index is 13.3. The minimum absolute atomic E-state index is 0.161. The minimum atomic E-state index is -4.43. The van der Waals surface area contributed by atoms with Crippen LogP contribution in [0, 0.1) is 5.92 Å². The lowest BCUT2D eigenvalue weighted by atomic mass is 9.80. The second-order valence-electron chi connectivity index (χ2n) is 11.8. The molecule has 46 heavy (non-hydrogen) atoms. The van der Waals surface area contributed by atoms with Crippen LogP contribution in [0.1, 0.15) is 40.2 Å². The first kappa shape index (κ1) is 32.8. The van der Waals surface area contributed by atoms with E-state index >= 15 is 0 Å². The highest BCUT2D eigenvalue weighted by Gasteiger charge is 2.34. The lowest BCUT2D eigenvalue weighted by Gasteiger charge is -2.36. The molecule has 1 aliphatic heterocycles. The molecule has 1 fully saturated rings. The van der Waals surface area contributed by atoms with Gasteiger partial charge in [0, 0.05) is 36.6 Å². The van der Waals surface area contributed by atoms with Gasteiger partial charge in [0.05, 0.1) is 11.5 Å². The Kier molecular flexibility index (Phi) is 10.4. The number of alkyl halides is 3. The zero-order chi connectivity index (χ0) is 32.7. The van der Waals surface area contributed by atoms with E-state index < -0.39 is 11.7 Å². The third-order valence-corrected chi connectivity index (χ3v) is 8.39. The summed E-state index contributed by atoms with van der Waals surface area (Å²) in [5, 5.41) is 2.92. The van der Waals surface area contributed by atoms with E-state index in [4.69, 9.17) is 4.74 Å². The molecule has 0 bridgehead atoms. The fraction of sp³-hybridized carbons (Fsp3) is 0.297. The van der Waals surface area contributed by atoms with Gasteiger partial charge in [-0.05, 0) is 92.0 Å². The van der Waals surface area contributed by atoms with Crippen molar-refractivity contribution in [2.24, 2.45) is 5.92 Å². The molecule has 6 nitrogen and oxygen atoms in total. The van der Waals surface area contributed by atoms with E-state index in [0.29, 0.717) is 35.5 Å². The summed E-state index contributed by atoms with van der Waals surface area (Å²) in [4.78, 5) is 30.7. The molecule has 1 amide bonds. The number of ether oxygens (including phenoxy) is 1. The zero-order valence-corrected chi connectivity index (χ0v) is 26.0. The van der Waals surface area contributed by atoms with Crippen LogP contribution < -0.4 is 10.2 Å². The number of carbonyl (C=O) groups excluding carboxylic acids is 2. The topological polar surface area (TPSA) is 61.9 Å². The summed E-state index contributed by atoms with van der Waals surface area (Å²) in [7, 11) is 3.90. The van der Waals surface area contributed by atoms with Gasteiger partial charge in [-0.1, -0.05) is 60.7 Å². The number of amides is 1. The molecule has 9 heteroatoms. The van der Waals surface area contributed by atoms with E-state index in [1.54, 1.807) is 24.3 Å². The van der Waals surface area contributed by atoms with Crippen molar-refractivity contribution in [2.45, 2.75) is 24.9 Å². The van der Waals surface area contributed by atoms with Gasteiger partial charge < -0.3 is 19.9 Å². The number of esters is 1. The summed E-state index contributed by atoms with van der Waals surface area (Å²) >= 11 is 0. The first-order valence-electron chi connectivity index (χ1n) is 15.4. The molecule has 1 aliphatic rings. The summed E-state index contributed by atoms with van der Waals surface area (Å²) in [5.74, 6) is -0.678. The lowest BCUT2D eigenvalue weighted by Crippen LogP contribution is -2.38. The van der Waals surface area contributed by atoms with Gasteiger partial charge in [0.2, 0.25) is 0 Å². The Labute approximate surface area is 267 Å². The van der Waals surface area contributed by atoms with Gasteiger partial charge in [0.25, 0.3) is 5.91 Å². The van der Waals surface area contributed by atoms with Crippen LogP contribution in [0.25, 0.3) is 11.1 Å². The number of hydrogen-bond acceptors (Lipinski definition) is 5. The predicted molar refractivity (Wildman–Crippen MR) is 175 cm³/mol. The molecule has 0 saturated carbocycles. The van der Waals surface area contributed by atoms with E-state index in [9.17, 15) is 22.8 Å². The van der Waals surface area contributed by atoms with Crippen molar-refractivity contribution in [1.29, 1.82) is 0 Å². The Hall–Kier alpha value is -4.63. The van der Waals surface area contributed by atoms with Gasteiger partial charge in [-0.2, -0.15) is 13.2 Å². The molecular weight excluding hydrogens is 591 g/mol. The van der Waals surface area contributed by atoms with Crippen LogP contribution >= 0.6 is 0 Å². The van der Waals surface area contributed by atoms with Crippen molar-refractivity contribution in [3.05, 3.63) is 120 Å². The molecule has 4 aromatic carbocycles. The van der Waals surface area contributed by atoms with Gasteiger partial charge in [-0.15, -0.1) is 0 Å². The van der Waals surface area contributed by atoms with Crippen molar-refractivity contribution in [2.75, 3.05) is 50.6 Å². The van der Waals surface area contributed by atoms with Crippen molar-refractivity contribution in [3.8, 4) is 11.1 Å². The predicted octanol–water partition coefficient (Wildman–Crippen LogP) is 7.73. The van der Waals surface area contributed by atoms with Gasteiger partial charge in [0.15, 0.2) is 0 Å². The van der Waals surface area contributed by atoms with Crippen LogP contribution in [0.4, 0.5) is 24.5 Å². The Morgan fingerprint density at radius 2 is 1.50 bits per heavy atom. The number of piperidine rings is 1. The van der Waals surface area contributed by atoms with E-state index in [2.05, 4.69) is 10.2 Å². The van der Waals surface area contributed by atoms with E-state index in [0.717, 1.165) is 49.3 Å². The third-order valence-electron chi connectivity index (χ3n) is 8.39. The quantitative estimate of drug-likeness (QED) is 0.182. The lowest BCUT2D eigenvalue weighted by molar-refractivity contribution is -0.147. The van der Waals surface area contributed by atoms with Crippen LogP contribution in [-0.2, 0) is 15.7 Å². The standard InChI is InChI=1S/C37H38F3N3O3/c1-42(2)24-25-46-36(45)34(27-8-4-3-5-9-27)28-20-22-43(23-21-28)31-18-16-30(17-19-31)41-35(44)33-11-7-6-10-32(33)26-12-14-29(15-13-26)37(38,39)40/h3-19,28,34H,20-25H2,1-2H3,(H,41,44). The van der Waals surface area contributed by atoms with Gasteiger partial charge >= 0.3 is 12.1 Å². The highest BCUT2D eigenvalue weighted by Crippen LogP contribution is 2.36.